The molecule has 196 valence electrons. The zero-order valence-electron chi connectivity index (χ0n) is 22.5. The number of carbonyl (C=O) groups is 1. The first-order valence-corrected chi connectivity index (χ1v) is 13.4. The van der Waals surface area contributed by atoms with Crippen LogP contribution in [0.5, 0.6) is 0 Å². The molecule has 1 atom stereocenters. The Morgan fingerprint density at radius 2 is 1.65 bits per heavy atom. The first kappa shape index (κ1) is 28.0. The molecule has 0 fully saturated rings. The third-order valence-corrected chi connectivity index (χ3v) is 6.82. The molecule has 0 radical (unpaired) electrons. The van der Waals surface area contributed by atoms with Crippen LogP contribution in [0.1, 0.15) is 93.6 Å². The summed E-state index contributed by atoms with van der Waals surface area (Å²) < 4.78 is 13.5. The number of halogens is 1. The molecular weight excluding hydrogens is 461 g/mol. The minimum atomic E-state index is -0.309. The topological polar surface area (TPSA) is 67.2 Å². The fourth-order valence-electron chi connectivity index (χ4n) is 4.55. The number of hydrogen-bond acceptors (Lipinski definition) is 3. The number of allylic oxidation sites excluding steroid dienone is 1. The van der Waals surface area contributed by atoms with E-state index in [9.17, 15) is 9.18 Å². The van der Waals surface area contributed by atoms with Crippen LogP contribution in [0.2, 0.25) is 0 Å². The van der Waals surface area contributed by atoms with Gasteiger partial charge in [-0.2, -0.15) is 0 Å². The van der Waals surface area contributed by atoms with Gasteiger partial charge in [0.1, 0.15) is 5.82 Å². The maximum Gasteiger partial charge on any atom is 0.255 e. The summed E-state index contributed by atoms with van der Waals surface area (Å²) in [6, 6.07) is 19.9. The summed E-state index contributed by atoms with van der Waals surface area (Å²) in [5.74, 6) is 0.0754. The average Bonchev–Trinajstić information content (AvgIpc) is 2.89. The third-order valence-electron chi connectivity index (χ3n) is 6.82. The number of unbranched alkanes of at least 4 members (excludes halogenated alkanes) is 1. The van der Waals surface area contributed by atoms with E-state index in [4.69, 9.17) is 5.73 Å². The zero-order chi connectivity index (χ0) is 26.8. The first-order valence-electron chi connectivity index (χ1n) is 13.4. The molecule has 5 heteroatoms. The molecule has 1 amide bonds. The number of benzene rings is 3. The predicted octanol–water partition coefficient (Wildman–Crippen LogP) is 8.80. The number of amides is 1. The van der Waals surface area contributed by atoms with Crippen LogP contribution in [0.15, 0.2) is 72.3 Å². The van der Waals surface area contributed by atoms with Gasteiger partial charge in [0.25, 0.3) is 5.91 Å². The van der Waals surface area contributed by atoms with Crippen LogP contribution < -0.4 is 16.4 Å². The molecule has 4 nitrogen and oxygen atoms in total. The standard InChI is InChI=1S/C32H40FN3O/c1-5-8-11-23(10-6-2)24-14-16-25(17-15-24)32(37)36-31(22(4)7-3)29-19-18-28(21-30(29)34)35-27-13-9-12-26(33)20-27/h9,12-21,23,35H,5-8,10-11,34H2,1-4H3,(H,36,37)/b31-22-. The maximum atomic E-state index is 13.5. The number of nitrogen functional groups attached to an aromatic ring is 1. The minimum Gasteiger partial charge on any atom is -0.398 e. The van der Waals surface area contributed by atoms with E-state index in [-0.39, 0.29) is 11.7 Å². The second-order valence-electron chi connectivity index (χ2n) is 9.65. The summed E-state index contributed by atoms with van der Waals surface area (Å²) in [6.07, 6.45) is 6.68. The van der Waals surface area contributed by atoms with Crippen LogP contribution in [0.25, 0.3) is 5.70 Å². The normalized spacial score (nSPS) is 12.6. The number of anilines is 3. The molecule has 0 heterocycles. The molecular formula is C32H40FN3O. The van der Waals surface area contributed by atoms with Crippen molar-refractivity contribution in [3.63, 3.8) is 0 Å². The van der Waals surface area contributed by atoms with Crippen LogP contribution in [-0.2, 0) is 0 Å². The van der Waals surface area contributed by atoms with Crippen LogP contribution in [-0.4, -0.2) is 5.91 Å². The Morgan fingerprint density at radius 3 is 2.27 bits per heavy atom. The molecule has 1 unspecified atom stereocenters. The highest BCUT2D eigenvalue weighted by Gasteiger charge is 2.16. The largest absolute Gasteiger partial charge is 0.398 e. The van der Waals surface area contributed by atoms with Crippen molar-refractivity contribution in [1.82, 2.24) is 5.32 Å². The van der Waals surface area contributed by atoms with Crippen LogP contribution in [0, 0.1) is 5.82 Å². The molecule has 0 aliphatic rings. The lowest BCUT2D eigenvalue weighted by Gasteiger charge is -2.18. The average molecular weight is 502 g/mol. The third kappa shape index (κ3) is 7.69. The van der Waals surface area contributed by atoms with Crippen molar-refractivity contribution in [2.24, 2.45) is 0 Å². The van der Waals surface area contributed by atoms with E-state index in [2.05, 4.69) is 43.5 Å². The van der Waals surface area contributed by atoms with E-state index in [1.807, 2.05) is 31.2 Å². The van der Waals surface area contributed by atoms with Crippen molar-refractivity contribution in [1.29, 1.82) is 0 Å². The van der Waals surface area contributed by atoms with Crippen molar-refractivity contribution in [3.05, 3.63) is 94.8 Å². The molecule has 3 aromatic carbocycles. The summed E-state index contributed by atoms with van der Waals surface area (Å²) in [6.45, 7) is 8.50. The van der Waals surface area contributed by atoms with Gasteiger partial charge < -0.3 is 16.4 Å². The van der Waals surface area contributed by atoms with Gasteiger partial charge in [-0.25, -0.2) is 4.39 Å². The highest BCUT2D eigenvalue weighted by molar-refractivity contribution is 6.01. The van der Waals surface area contributed by atoms with E-state index in [0.717, 1.165) is 41.8 Å². The Kier molecular flexibility index (Phi) is 10.3. The van der Waals surface area contributed by atoms with Crippen LogP contribution >= 0.6 is 0 Å². The Labute approximate surface area is 221 Å². The zero-order valence-corrected chi connectivity index (χ0v) is 22.5. The molecule has 4 N–H and O–H groups in total. The lowest BCUT2D eigenvalue weighted by molar-refractivity contribution is 0.0973. The molecule has 0 saturated carbocycles. The SMILES string of the molecule is CCCCC(CCC)c1ccc(C(=O)N/C(=C(/C)CC)c2ccc(Nc3cccc(F)c3)cc2N)cc1. The smallest absolute Gasteiger partial charge is 0.255 e. The van der Waals surface area contributed by atoms with Crippen molar-refractivity contribution in [3.8, 4) is 0 Å². The van der Waals surface area contributed by atoms with Crippen LogP contribution in [0.3, 0.4) is 0 Å². The summed E-state index contributed by atoms with van der Waals surface area (Å²) in [7, 11) is 0. The van der Waals surface area contributed by atoms with Gasteiger partial charge in [0.15, 0.2) is 0 Å². The summed E-state index contributed by atoms with van der Waals surface area (Å²) in [4.78, 5) is 13.2. The quantitative estimate of drug-likeness (QED) is 0.217. The van der Waals surface area contributed by atoms with Gasteiger partial charge in [-0.1, -0.05) is 58.2 Å². The molecule has 0 aliphatic heterocycles. The molecule has 3 aromatic rings. The first-order chi connectivity index (χ1) is 17.9. The summed E-state index contributed by atoms with van der Waals surface area (Å²) in [5.41, 5.74) is 12.8. The predicted molar refractivity (Wildman–Crippen MR) is 155 cm³/mol. The lowest BCUT2D eigenvalue weighted by atomic mass is 9.89. The number of nitrogens with one attached hydrogen (secondary N) is 2. The number of nitrogens with two attached hydrogens (primary N) is 1. The van der Waals surface area contributed by atoms with Crippen LogP contribution in [0.4, 0.5) is 21.5 Å². The molecule has 0 aromatic heterocycles. The molecule has 0 spiro atoms. The number of carbonyl (C=O) groups excluding carboxylic acids is 1. The highest BCUT2D eigenvalue weighted by atomic mass is 19.1. The Balaban J connectivity index is 1.79. The van der Waals surface area contributed by atoms with Gasteiger partial charge >= 0.3 is 0 Å². The Bertz CT molecular complexity index is 1220. The number of rotatable bonds is 12. The van der Waals surface area contributed by atoms with Gasteiger partial charge in [0, 0.05) is 33.9 Å². The molecule has 0 bridgehead atoms. The van der Waals surface area contributed by atoms with E-state index in [1.165, 1.54) is 37.0 Å². The second kappa shape index (κ2) is 13.6. The molecule has 37 heavy (non-hydrogen) atoms. The molecule has 0 aliphatic carbocycles. The van der Waals surface area contributed by atoms with Crippen molar-refractivity contribution in [2.45, 2.75) is 72.1 Å². The second-order valence-corrected chi connectivity index (χ2v) is 9.65. The minimum absolute atomic E-state index is 0.156. The van der Waals surface area contributed by atoms with Gasteiger partial charge in [-0.3, -0.25) is 4.79 Å². The van der Waals surface area contributed by atoms with Gasteiger partial charge in [-0.05, 0) is 91.8 Å². The van der Waals surface area contributed by atoms with E-state index >= 15 is 0 Å². The van der Waals surface area contributed by atoms with E-state index < -0.39 is 0 Å². The summed E-state index contributed by atoms with van der Waals surface area (Å²) in [5, 5.41) is 6.29. The van der Waals surface area contributed by atoms with Gasteiger partial charge in [0.2, 0.25) is 0 Å². The summed E-state index contributed by atoms with van der Waals surface area (Å²) >= 11 is 0. The Hall–Kier alpha value is -3.60. The van der Waals surface area contributed by atoms with E-state index in [1.54, 1.807) is 18.2 Å². The van der Waals surface area contributed by atoms with E-state index in [0.29, 0.717) is 22.9 Å². The van der Waals surface area contributed by atoms with Crippen molar-refractivity contribution < 1.29 is 9.18 Å². The van der Waals surface area contributed by atoms with Crippen molar-refractivity contribution >= 4 is 28.7 Å². The van der Waals surface area contributed by atoms with Crippen molar-refractivity contribution in [2.75, 3.05) is 11.1 Å². The monoisotopic (exact) mass is 501 g/mol. The number of hydrogen-bond donors (Lipinski definition) is 3. The lowest BCUT2D eigenvalue weighted by Crippen LogP contribution is -2.23. The van der Waals surface area contributed by atoms with Gasteiger partial charge in [0.05, 0.1) is 0 Å². The Morgan fingerprint density at radius 1 is 0.919 bits per heavy atom. The van der Waals surface area contributed by atoms with Gasteiger partial charge in [-0.15, -0.1) is 0 Å². The molecule has 3 rings (SSSR count). The maximum absolute atomic E-state index is 13.5. The fourth-order valence-corrected chi connectivity index (χ4v) is 4.55. The highest BCUT2D eigenvalue weighted by Crippen LogP contribution is 2.30. The molecule has 0 saturated heterocycles. The fraction of sp³-hybridized carbons (Fsp3) is 0.344.